The lowest BCUT2D eigenvalue weighted by atomic mass is 10.2. The van der Waals surface area contributed by atoms with Crippen molar-refractivity contribution in [3.63, 3.8) is 0 Å². The summed E-state index contributed by atoms with van der Waals surface area (Å²) in [6.45, 7) is 1.79. The average molecular weight is 300 g/mol. The van der Waals surface area contributed by atoms with Gasteiger partial charge >= 0.3 is 5.97 Å². The normalized spacial score (nSPS) is 13.2. The molecule has 0 aliphatic carbocycles. The summed E-state index contributed by atoms with van der Waals surface area (Å²) in [4.78, 5) is 32.6. The Morgan fingerprint density at radius 2 is 2.30 bits per heavy atom. The second-order valence-corrected chi connectivity index (χ2v) is 5.03. The van der Waals surface area contributed by atoms with Crippen LogP contribution in [0.1, 0.15) is 18.7 Å². The van der Waals surface area contributed by atoms with Crippen molar-refractivity contribution < 1.29 is 23.9 Å². The van der Waals surface area contributed by atoms with Crippen LogP contribution in [0.4, 0.5) is 0 Å². The van der Waals surface area contributed by atoms with E-state index in [-0.39, 0.29) is 23.5 Å². The van der Waals surface area contributed by atoms with Crippen LogP contribution >= 0.6 is 11.8 Å². The number of rotatable bonds is 9. The summed E-state index contributed by atoms with van der Waals surface area (Å²) in [7, 11) is 0. The van der Waals surface area contributed by atoms with Crippen LogP contribution in [-0.2, 0) is 14.4 Å². The van der Waals surface area contributed by atoms with Gasteiger partial charge in [0, 0.05) is 5.75 Å². The van der Waals surface area contributed by atoms with Gasteiger partial charge in [-0.15, -0.1) is 11.8 Å². The van der Waals surface area contributed by atoms with Crippen molar-refractivity contribution in [3.05, 3.63) is 24.2 Å². The standard InChI is InChI=1S/C12H16N2O5S/c1-8(10-3-2-4-19-10)14-11(16)6-20-5-9(12(17)18)13-7-15/h2-4,7-9H,5-6H2,1H3,(H,13,15)(H,14,16)(H,17,18). The molecule has 1 aromatic rings. The number of aliphatic carboxylic acids is 1. The predicted octanol–water partition coefficient (Wildman–Crippen LogP) is 0.389. The van der Waals surface area contributed by atoms with Gasteiger partial charge in [-0.1, -0.05) is 0 Å². The SMILES string of the molecule is CC(NC(=O)CSCC(NC=O)C(=O)O)c1ccco1. The van der Waals surface area contributed by atoms with E-state index in [1.165, 1.54) is 6.26 Å². The van der Waals surface area contributed by atoms with Crippen molar-refractivity contribution in [1.82, 2.24) is 10.6 Å². The number of amides is 2. The van der Waals surface area contributed by atoms with E-state index in [0.29, 0.717) is 12.2 Å². The quantitative estimate of drug-likeness (QED) is 0.569. The number of carbonyl (C=O) groups excluding carboxylic acids is 2. The molecule has 0 aliphatic rings. The summed E-state index contributed by atoms with van der Waals surface area (Å²) in [6, 6.07) is 2.25. The van der Waals surface area contributed by atoms with E-state index in [0.717, 1.165) is 11.8 Å². The largest absolute Gasteiger partial charge is 0.480 e. The van der Waals surface area contributed by atoms with Gasteiger partial charge in [-0.25, -0.2) is 4.79 Å². The molecule has 0 aromatic carbocycles. The lowest BCUT2D eigenvalue weighted by molar-refractivity contribution is -0.139. The minimum absolute atomic E-state index is 0.107. The van der Waals surface area contributed by atoms with E-state index in [4.69, 9.17) is 9.52 Å². The van der Waals surface area contributed by atoms with E-state index in [9.17, 15) is 14.4 Å². The van der Waals surface area contributed by atoms with Gasteiger partial charge < -0.3 is 20.2 Å². The Labute approximate surface area is 120 Å². The third-order valence-electron chi connectivity index (χ3n) is 2.43. The Kier molecular flexibility index (Phi) is 6.65. The highest BCUT2D eigenvalue weighted by molar-refractivity contribution is 8.00. The maximum absolute atomic E-state index is 11.6. The number of thioether (sulfide) groups is 1. The van der Waals surface area contributed by atoms with Crippen molar-refractivity contribution in [2.45, 2.75) is 19.0 Å². The molecule has 0 spiro atoms. The van der Waals surface area contributed by atoms with Gasteiger partial charge in [-0.3, -0.25) is 9.59 Å². The second-order valence-electron chi connectivity index (χ2n) is 4.00. The highest BCUT2D eigenvalue weighted by Gasteiger charge is 2.17. The monoisotopic (exact) mass is 300 g/mol. The molecule has 7 nitrogen and oxygen atoms in total. The Balaban J connectivity index is 2.29. The van der Waals surface area contributed by atoms with Gasteiger partial charge in [-0.2, -0.15) is 0 Å². The number of carboxylic acids is 1. The molecule has 1 heterocycles. The van der Waals surface area contributed by atoms with Crippen molar-refractivity contribution in [3.8, 4) is 0 Å². The number of hydrogen-bond donors (Lipinski definition) is 3. The van der Waals surface area contributed by atoms with Gasteiger partial charge in [0.15, 0.2) is 0 Å². The van der Waals surface area contributed by atoms with E-state index >= 15 is 0 Å². The fourth-order valence-corrected chi connectivity index (χ4v) is 2.30. The molecule has 3 N–H and O–H groups in total. The molecule has 110 valence electrons. The average Bonchev–Trinajstić information content (AvgIpc) is 2.91. The molecule has 0 saturated carbocycles. The third kappa shape index (κ3) is 5.35. The number of carboxylic acid groups (broad SMARTS) is 1. The number of nitrogens with one attached hydrogen (secondary N) is 2. The summed E-state index contributed by atoms with van der Waals surface area (Å²) < 4.78 is 5.15. The molecule has 0 bridgehead atoms. The maximum Gasteiger partial charge on any atom is 0.327 e. The summed E-state index contributed by atoms with van der Waals surface area (Å²) in [5, 5.41) is 13.7. The fraction of sp³-hybridized carbons (Fsp3) is 0.417. The molecule has 20 heavy (non-hydrogen) atoms. The van der Waals surface area contributed by atoms with Crippen LogP contribution in [0.15, 0.2) is 22.8 Å². The van der Waals surface area contributed by atoms with E-state index in [1.807, 2.05) is 0 Å². The van der Waals surface area contributed by atoms with Crippen LogP contribution in [0.2, 0.25) is 0 Å². The molecular formula is C12H16N2O5S. The summed E-state index contributed by atoms with van der Waals surface area (Å²) >= 11 is 1.13. The van der Waals surface area contributed by atoms with Crippen molar-refractivity contribution in [1.29, 1.82) is 0 Å². The first-order valence-electron chi connectivity index (χ1n) is 5.87. The zero-order valence-corrected chi connectivity index (χ0v) is 11.7. The third-order valence-corrected chi connectivity index (χ3v) is 3.47. The Morgan fingerprint density at radius 1 is 1.55 bits per heavy atom. The molecule has 1 rings (SSSR count). The maximum atomic E-state index is 11.6. The molecule has 1 aromatic heterocycles. The van der Waals surface area contributed by atoms with Crippen LogP contribution < -0.4 is 10.6 Å². The van der Waals surface area contributed by atoms with E-state index < -0.39 is 12.0 Å². The molecule has 0 radical (unpaired) electrons. The first-order valence-corrected chi connectivity index (χ1v) is 7.03. The second kappa shape index (κ2) is 8.26. The Hall–Kier alpha value is -1.96. The Morgan fingerprint density at radius 3 is 2.85 bits per heavy atom. The predicted molar refractivity (Wildman–Crippen MR) is 73.2 cm³/mol. The first-order chi connectivity index (χ1) is 9.54. The van der Waals surface area contributed by atoms with Crippen LogP contribution in [0.5, 0.6) is 0 Å². The molecular weight excluding hydrogens is 284 g/mol. The van der Waals surface area contributed by atoms with Crippen molar-refractivity contribution in [2.24, 2.45) is 0 Å². The number of furan rings is 1. The molecule has 2 atom stereocenters. The fourth-order valence-electron chi connectivity index (χ4n) is 1.43. The molecule has 0 saturated heterocycles. The van der Waals surface area contributed by atoms with Crippen LogP contribution in [0, 0.1) is 0 Å². The summed E-state index contributed by atoms with van der Waals surface area (Å²) in [5.74, 6) is -0.482. The number of hydrogen-bond acceptors (Lipinski definition) is 5. The van der Waals surface area contributed by atoms with Crippen LogP contribution in [-0.4, -0.2) is 40.9 Å². The lowest BCUT2D eigenvalue weighted by Gasteiger charge is -2.13. The molecule has 0 fully saturated rings. The highest BCUT2D eigenvalue weighted by atomic mass is 32.2. The molecule has 8 heteroatoms. The minimum Gasteiger partial charge on any atom is -0.480 e. The molecule has 2 unspecified atom stereocenters. The van der Waals surface area contributed by atoms with Gasteiger partial charge in [0.05, 0.1) is 18.1 Å². The molecule has 2 amide bonds. The van der Waals surface area contributed by atoms with Crippen molar-refractivity contribution in [2.75, 3.05) is 11.5 Å². The zero-order valence-electron chi connectivity index (χ0n) is 10.9. The lowest BCUT2D eigenvalue weighted by Crippen LogP contribution is -2.38. The summed E-state index contributed by atoms with van der Waals surface area (Å²) in [5.41, 5.74) is 0. The smallest absolute Gasteiger partial charge is 0.327 e. The van der Waals surface area contributed by atoms with Crippen molar-refractivity contribution >= 4 is 30.0 Å². The summed E-state index contributed by atoms with van der Waals surface area (Å²) in [6.07, 6.45) is 1.85. The van der Waals surface area contributed by atoms with Gasteiger partial charge in [0.2, 0.25) is 12.3 Å². The van der Waals surface area contributed by atoms with Gasteiger partial charge in [-0.05, 0) is 19.1 Å². The zero-order chi connectivity index (χ0) is 15.0. The molecule has 0 aliphatic heterocycles. The highest BCUT2D eigenvalue weighted by Crippen LogP contribution is 2.12. The van der Waals surface area contributed by atoms with Gasteiger partial charge in [0.25, 0.3) is 0 Å². The minimum atomic E-state index is -1.13. The Bertz CT molecular complexity index is 449. The number of carbonyl (C=O) groups is 3. The first kappa shape index (κ1) is 16.1. The van der Waals surface area contributed by atoms with Crippen LogP contribution in [0.25, 0.3) is 0 Å². The topological polar surface area (TPSA) is 109 Å². The van der Waals surface area contributed by atoms with E-state index in [2.05, 4.69) is 10.6 Å². The van der Waals surface area contributed by atoms with E-state index in [1.54, 1.807) is 19.1 Å². The van der Waals surface area contributed by atoms with Gasteiger partial charge in [0.1, 0.15) is 11.8 Å². The van der Waals surface area contributed by atoms with Crippen LogP contribution in [0.3, 0.4) is 0 Å².